The topological polar surface area (TPSA) is 34.1 Å². The van der Waals surface area contributed by atoms with Gasteiger partial charge in [0.2, 0.25) is 0 Å². The van der Waals surface area contributed by atoms with Crippen molar-refractivity contribution in [1.82, 2.24) is 5.01 Å². The standard InChI is InChI=1S/C17H18Cl2N2O2/c1-21(2)20-10-12-6-4-9-16(22-3)17(12)23-11-13-14(18)7-5-8-15(13)19/h4-10H,11H2,1-3H3/b20-10+. The molecule has 23 heavy (non-hydrogen) atoms. The van der Waals surface area contributed by atoms with Crippen LogP contribution in [-0.4, -0.2) is 32.4 Å². The number of hydrogen-bond acceptors (Lipinski definition) is 4. The minimum Gasteiger partial charge on any atom is -0.493 e. The zero-order valence-corrected chi connectivity index (χ0v) is 14.7. The van der Waals surface area contributed by atoms with E-state index in [9.17, 15) is 0 Å². The van der Waals surface area contributed by atoms with Crippen LogP contribution in [0, 0.1) is 0 Å². The largest absolute Gasteiger partial charge is 0.493 e. The van der Waals surface area contributed by atoms with Crippen LogP contribution in [0.5, 0.6) is 11.5 Å². The first-order valence-electron chi connectivity index (χ1n) is 6.97. The number of halogens is 2. The highest BCUT2D eigenvalue weighted by Crippen LogP contribution is 2.32. The summed E-state index contributed by atoms with van der Waals surface area (Å²) >= 11 is 12.4. The number of rotatable bonds is 6. The summed E-state index contributed by atoms with van der Waals surface area (Å²) in [6.45, 7) is 0.238. The van der Waals surface area contributed by atoms with Crippen molar-refractivity contribution in [1.29, 1.82) is 0 Å². The van der Waals surface area contributed by atoms with Gasteiger partial charge in [-0.15, -0.1) is 0 Å². The maximum Gasteiger partial charge on any atom is 0.170 e. The van der Waals surface area contributed by atoms with Crippen LogP contribution in [0.3, 0.4) is 0 Å². The van der Waals surface area contributed by atoms with Crippen molar-refractivity contribution >= 4 is 29.4 Å². The fraction of sp³-hybridized carbons (Fsp3) is 0.235. The predicted octanol–water partition coefficient (Wildman–Crippen LogP) is 4.48. The van der Waals surface area contributed by atoms with Gasteiger partial charge in [-0.05, 0) is 24.3 Å². The monoisotopic (exact) mass is 352 g/mol. The molecule has 0 saturated heterocycles. The molecule has 0 heterocycles. The number of hydrogen-bond donors (Lipinski definition) is 0. The van der Waals surface area contributed by atoms with Gasteiger partial charge in [-0.1, -0.05) is 35.3 Å². The van der Waals surface area contributed by atoms with Gasteiger partial charge < -0.3 is 14.5 Å². The first kappa shape index (κ1) is 17.4. The zero-order chi connectivity index (χ0) is 16.8. The van der Waals surface area contributed by atoms with Crippen molar-refractivity contribution in [2.75, 3.05) is 21.2 Å². The van der Waals surface area contributed by atoms with E-state index < -0.39 is 0 Å². The number of nitrogens with zero attached hydrogens (tertiary/aromatic N) is 2. The van der Waals surface area contributed by atoms with Crippen molar-refractivity contribution in [3.05, 3.63) is 57.6 Å². The second-order valence-corrected chi connectivity index (χ2v) is 5.77. The summed E-state index contributed by atoms with van der Waals surface area (Å²) in [5.74, 6) is 1.22. The number of hydrazone groups is 1. The first-order valence-corrected chi connectivity index (χ1v) is 7.72. The lowest BCUT2D eigenvalue weighted by molar-refractivity contribution is 0.284. The molecule has 0 aromatic heterocycles. The molecule has 0 spiro atoms. The van der Waals surface area contributed by atoms with Gasteiger partial charge in [0, 0.05) is 35.3 Å². The van der Waals surface area contributed by atoms with E-state index in [1.165, 1.54) is 0 Å². The Bertz CT molecular complexity index is 683. The zero-order valence-electron chi connectivity index (χ0n) is 13.2. The second kappa shape index (κ2) is 8.09. The highest BCUT2D eigenvalue weighted by Gasteiger charge is 2.12. The number of para-hydroxylation sites is 1. The molecule has 0 fully saturated rings. The van der Waals surface area contributed by atoms with E-state index in [-0.39, 0.29) is 6.61 Å². The molecular weight excluding hydrogens is 335 g/mol. The quantitative estimate of drug-likeness (QED) is 0.567. The molecule has 0 radical (unpaired) electrons. The Kier molecular flexibility index (Phi) is 6.13. The van der Waals surface area contributed by atoms with Gasteiger partial charge in [-0.3, -0.25) is 0 Å². The lowest BCUT2D eigenvalue weighted by Crippen LogP contribution is -2.05. The van der Waals surface area contributed by atoms with Crippen LogP contribution in [0.2, 0.25) is 10.0 Å². The van der Waals surface area contributed by atoms with Crippen molar-refractivity contribution in [3.63, 3.8) is 0 Å². The Morgan fingerprint density at radius 1 is 1.09 bits per heavy atom. The van der Waals surface area contributed by atoms with Crippen LogP contribution in [0.15, 0.2) is 41.5 Å². The van der Waals surface area contributed by atoms with Gasteiger partial charge in [0.25, 0.3) is 0 Å². The van der Waals surface area contributed by atoms with E-state index in [1.807, 2.05) is 32.3 Å². The molecule has 0 unspecified atom stereocenters. The van der Waals surface area contributed by atoms with Gasteiger partial charge in [0.15, 0.2) is 11.5 Å². The maximum atomic E-state index is 6.18. The van der Waals surface area contributed by atoms with E-state index in [0.29, 0.717) is 21.5 Å². The third-order valence-electron chi connectivity index (χ3n) is 3.08. The fourth-order valence-electron chi connectivity index (χ4n) is 1.94. The molecule has 2 aromatic carbocycles. The van der Waals surface area contributed by atoms with Crippen molar-refractivity contribution in [2.45, 2.75) is 6.61 Å². The SMILES string of the molecule is COc1cccc(/C=N/N(C)C)c1OCc1c(Cl)cccc1Cl. The number of benzene rings is 2. The molecule has 0 aliphatic carbocycles. The van der Waals surface area contributed by atoms with Crippen molar-refractivity contribution in [2.24, 2.45) is 5.10 Å². The lowest BCUT2D eigenvalue weighted by atomic mass is 10.2. The number of methoxy groups -OCH3 is 1. The third-order valence-corrected chi connectivity index (χ3v) is 3.79. The summed E-state index contributed by atoms with van der Waals surface area (Å²) in [7, 11) is 5.29. The summed E-state index contributed by atoms with van der Waals surface area (Å²) in [6, 6.07) is 11.0. The van der Waals surface area contributed by atoms with Crippen LogP contribution in [0.25, 0.3) is 0 Å². The molecule has 0 aliphatic rings. The van der Waals surface area contributed by atoms with Gasteiger partial charge >= 0.3 is 0 Å². The highest BCUT2D eigenvalue weighted by atomic mass is 35.5. The van der Waals surface area contributed by atoms with Crippen LogP contribution >= 0.6 is 23.2 Å². The fourth-order valence-corrected chi connectivity index (χ4v) is 2.45. The van der Waals surface area contributed by atoms with Crippen molar-refractivity contribution in [3.8, 4) is 11.5 Å². The Morgan fingerprint density at radius 2 is 1.74 bits per heavy atom. The Balaban J connectivity index is 2.31. The van der Waals surface area contributed by atoms with Gasteiger partial charge in [-0.2, -0.15) is 5.10 Å². The predicted molar refractivity (Wildman–Crippen MR) is 95.1 cm³/mol. The van der Waals surface area contributed by atoms with E-state index in [4.69, 9.17) is 32.7 Å². The van der Waals surface area contributed by atoms with Crippen LogP contribution in [0.1, 0.15) is 11.1 Å². The molecule has 2 aromatic rings. The highest BCUT2D eigenvalue weighted by molar-refractivity contribution is 6.35. The molecule has 0 saturated carbocycles. The lowest BCUT2D eigenvalue weighted by Gasteiger charge is -2.15. The number of ether oxygens (including phenoxy) is 2. The summed E-state index contributed by atoms with van der Waals surface area (Å²) in [5, 5.41) is 7.08. The summed E-state index contributed by atoms with van der Waals surface area (Å²) in [4.78, 5) is 0. The molecule has 6 heteroatoms. The second-order valence-electron chi connectivity index (χ2n) is 4.96. The summed E-state index contributed by atoms with van der Waals surface area (Å²) in [5.41, 5.74) is 1.54. The maximum absolute atomic E-state index is 6.18. The molecular formula is C17H18Cl2N2O2. The molecule has 0 aliphatic heterocycles. The molecule has 0 bridgehead atoms. The van der Waals surface area contributed by atoms with Gasteiger partial charge in [-0.25, -0.2) is 0 Å². The molecule has 0 N–H and O–H groups in total. The molecule has 0 amide bonds. The Hall–Kier alpha value is -1.91. The van der Waals surface area contributed by atoms with E-state index >= 15 is 0 Å². The normalized spacial score (nSPS) is 10.8. The van der Waals surface area contributed by atoms with E-state index in [0.717, 1.165) is 11.1 Å². The molecule has 0 atom stereocenters. The third kappa shape index (κ3) is 4.53. The van der Waals surface area contributed by atoms with Crippen LogP contribution in [0.4, 0.5) is 0 Å². The minimum atomic E-state index is 0.238. The van der Waals surface area contributed by atoms with Gasteiger partial charge in [0.1, 0.15) is 6.61 Å². The average Bonchev–Trinajstić information content (AvgIpc) is 2.52. The Morgan fingerprint density at radius 3 is 2.35 bits per heavy atom. The molecule has 2 rings (SSSR count). The minimum absolute atomic E-state index is 0.238. The smallest absolute Gasteiger partial charge is 0.170 e. The van der Waals surface area contributed by atoms with E-state index in [1.54, 1.807) is 36.5 Å². The van der Waals surface area contributed by atoms with Gasteiger partial charge in [0.05, 0.1) is 13.3 Å². The Labute approximate surface area is 146 Å². The summed E-state index contributed by atoms with van der Waals surface area (Å²) < 4.78 is 11.3. The molecule has 122 valence electrons. The first-order chi connectivity index (χ1) is 11.0. The summed E-state index contributed by atoms with van der Waals surface area (Å²) in [6.07, 6.45) is 1.71. The van der Waals surface area contributed by atoms with Crippen LogP contribution in [-0.2, 0) is 6.61 Å². The average molecular weight is 353 g/mol. The van der Waals surface area contributed by atoms with Crippen LogP contribution < -0.4 is 9.47 Å². The molecule has 4 nitrogen and oxygen atoms in total. The van der Waals surface area contributed by atoms with E-state index in [2.05, 4.69) is 5.10 Å². The van der Waals surface area contributed by atoms with Crippen molar-refractivity contribution < 1.29 is 9.47 Å².